The second-order valence-corrected chi connectivity index (χ2v) is 6.27. The summed E-state index contributed by atoms with van der Waals surface area (Å²) in [5.74, 6) is 0.748. The van der Waals surface area contributed by atoms with E-state index in [2.05, 4.69) is 32.5 Å². The average molecular weight is 344 g/mol. The molecule has 0 radical (unpaired) electrons. The summed E-state index contributed by atoms with van der Waals surface area (Å²) in [6, 6.07) is 10.2. The van der Waals surface area contributed by atoms with Crippen LogP contribution in [0.4, 0.5) is 0 Å². The van der Waals surface area contributed by atoms with E-state index >= 15 is 0 Å². The number of aliphatic hydroxyl groups is 1. The summed E-state index contributed by atoms with van der Waals surface area (Å²) in [5.41, 5.74) is 1.23. The third kappa shape index (κ3) is 4.87. The van der Waals surface area contributed by atoms with Crippen LogP contribution in [0.1, 0.15) is 36.5 Å². The van der Waals surface area contributed by atoms with Crippen LogP contribution in [0.2, 0.25) is 0 Å². The van der Waals surface area contributed by atoms with Crippen molar-refractivity contribution in [2.45, 2.75) is 44.9 Å². The normalized spacial score (nSPS) is 18.2. The molecule has 1 aromatic carbocycles. The lowest BCUT2D eigenvalue weighted by molar-refractivity contribution is -0.127. The first-order valence-electron chi connectivity index (χ1n) is 8.74. The average Bonchev–Trinajstić information content (AvgIpc) is 3.11. The molecule has 134 valence electrons. The van der Waals surface area contributed by atoms with Gasteiger partial charge in [0.15, 0.2) is 5.82 Å². The molecule has 1 saturated heterocycles. The molecule has 7 heteroatoms. The number of likely N-dealkylation sites (tertiary alicyclic amines) is 1. The number of amides is 1. The number of carbonyl (C=O) groups is 1. The lowest BCUT2D eigenvalue weighted by Crippen LogP contribution is -2.49. The van der Waals surface area contributed by atoms with Crippen molar-refractivity contribution in [2.75, 3.05) is 13.1 Å². The summed E-state index contributed by atoms with van der Waals surface area (Å²) in [5, 5.41) is 15.7. The van der Waals surface area contributed by atoms with E-state index in [1.54, 1.807) is 0 Å². The van der Waals surface area contributed by atoms with Crippen molar-refractivity contribution in [1.82, 2.24) is 20.4 Å². The van der Waals surface area contributed by atoms with Crippen LogP contribution in [0.3, 0.4) is 0 Å². The number of nitrogens with one attached hydrogen (secondary N) is 1. The number of carbonyl (C=O) groups excluding carboxylic acids is 1. The van der Waals surface area contributed by atoms with Crippen molar-refractivity contribution in [3.05, 3.63) is 47.6 Å². The molecule has 0 bridgehead atoms. The highest BCUT2D eigenvalue weighted by Crippen LogP contribution is 2.19. The van der Waals surface area contributed by atoms with Crippen LogP contribution in [-0.2, 0) is 24.4 Å². The molecule has 1 aliphatic rings. The Morgan fingerprint density at radius 2 is 2.16 bits per heavy atom. The molecule has 2 heterocycles. The highest BCUT2D eigenvalue weighted by Gasteiger charge is 2.28. The number of hydrogen-bond acceptors (Lipinski definition) is 6. The van der Waals surface area contributed by atoms with Gasteiger partial charge in [-0.05, 0) is 24.9 Å². The summed E-state index contributed by atoms with van der Waals surface area (Å²) < 4.78 is 4.84. The molecule has 2 aromatic rings. The zero-order chi connectivity index (χ0) is 17.5. The molecule has 1 aliphatic heterocycles. The third-order valence-corrected chi connectivity index (χ3v) is 4.44. The van der Waals surface area contributed by atoms with Gasteiger partial charge in [0.1, 0.15) is 6.61 Å². The predicted octanol–water partition coefficient (Wildman–Crippen LogP) is 1.28. The first kappa shape index (κ1) is 17.6. The van der Waals surface area contributed by atoms with Gasteiger partial charge in [-0.2, -0.15) is 4.98 Å². The quantitative estimate of drug-likeness (QED) is 0.786. The van der Waals surface area contributed by atoms with E-state index < -0.39 is 0 Å². The fraction of sp³-hybridized carbons (Fsp3) is 0.500. The van der Waals surface area contributed by atoms with Crippen molar-refractivity contribution in [2.24, 2.45) is 0 Å². The molecule has 0 unspecified atom stereocenters. The van der Waals surface area contributed by atoms with Gasteiger partial charge < -0.3 is 14.9 Å². The second-order valence-electron chi connectivity index (χ2n) is 6.27. The fourth-order valence-electron chi connectivity index (χ4n) is 3.17. The van der Waals surface area contributed by atoms with Gasteiger partial charge in [0, 0.05) is 19.5 Å². The van der Waals surface area contributed by atoms with E-state index in [1.807, 2.05) is 18.2 Å². The minimum atomic E-state index is -0.268. The van der Waals surface area contributed by atoms with E-state index in [9.17, 15) is 4.79 Å². The molecular formula is C18H24N4O3. The van der Waals surface area contributed by atoms with Crippen LogP contribution in [-0.4, -0.2) is 45.2 Å². The van der Waals surface area contributed by atoms with Crippen LogP contribution >= 0.6 is 0 Å². The smallest absolute Gasteiger partial charge is 0.252 e. The zero-order valence-corrected chi connectivity index (χ0v) is 14.2. The molecule has 0 saturated carbocycles. The maximum atomic E-state index is 12.6. The van der Waals surface area contributed by atoms with Gasteiger partial charge >= 0.3 is 0 Å². The first-order valence-corrected chi connectivity index (χ1v) is 8.74. The van der Waals surface area contributed by atoms with Gasteiger partial charge in [-0.25, -0.2) is 0 Å². The number of aromatic nitrogens is 2. The SMILES string of the molecule is O=C(NCCc1noc(CO)n1)[C@H]1CCCCN1Cc1ccccc1. The van der Waals surface area contributed by atoms with Crippen LogP contribution in [0.25, 0.3) is 0 Å². The van der Waals surface area contributed by atoms with Crippen molar-refractivity contribution in [3.63, 3.8) is 0 Å². The molecule has 0 aliphatic carbocycles. The Kier molecular flexibility index (Phi) is 6.14. The number of aliphatic hydroxyl groups excluding tert-OH is 1. The molecule has 25 heavy (non-hydrogen) atoms. The van der Waals surface area contributed by atoms with Crippen molar-refractivity contribution < 1.29 is 14.4 Å². The Hall–Kier alpha value is -2.25. The van der Waals surface area contributed by atoms with Crippen molar-refractivity contribution >= 4 is 5.91 Å². The minimum Gasteiger partial charge on any atom is -0.387 e. The maximum absolute atomic E-state index is 12.6. The molecule has 1 amide bonds. The lowest BCUT2D eigenvalue weighted by Gasteiger charge is -2.34. The molecule has 0 spiro atoms. The van der Waals surface area contributed by atoms with E-state index in [0.717, 1.165) is 32.4 Å². The van der Waals surface area contributed by atoms with E-state index in [0.29, 0.717) is 18.8 Å². The number of benzene rings is 1. The summed E-state index contributed by atoms with van der Waals surface area (Å²) in [6.45, 7) is 1.93. The summed E-state index contributed by atoms with van der Waals surface area (Å²) in [4.78, 5) is 18.9. The van der Waals surface area contributed by atoms with Crippen molar-refractivity contribution in [3.8, 4) is 0 Å². The third-order valence-electron chi connectivity index (χ3n) is 4.44. The molecule has 7 nitrogen and oxygen atoms in total. The van der Waals surface area contributed by atoms with E-state index in [4.69, 9.17) is 9.63 Å². The molecule has 3 rings (SSSR count). The maximum Gasteiger partial charge on any atom is 0.252 e. The van der Waals surface area contributed by atoms with Crippen LogP contribution in [0, 0.1) is 0 Å². The van der Waals surface area contributed by atoms with Crippen molar-refractivity contribution in [1.29, 1.82) is 0 Å². The Bertz CT molecular complexity index is 674. The number of rotatable bonds is 7. The summed E-state index contributed by atoms with van der Waals surface area (Å²) in [7, 11) is 0. The summed E-state index contributed by atoms with van der Waals surface area (Å²) in [6.07, 6.45) is 3.58. The molecule has 1 fully saturated rings. The second kappa shape index (κ2) is 8.73. The summed E-state index contributed by atoms with van der Waals surface area (Å²) >= 11 is 0. The lowest BCUT2D eigenvalue weighted by atomic mass is 10.0. The van der Waals surface area contributed by atoms with Crippen LogP contribution < -0.4 is 5.32 Å². The Balaban J connectivity index is 1.51. The van der Waals surface area contributed by atoms with Gasteiger partial charge in [0.2, 0.25) is 5.91 Å². The highest BCUT2D eigenvalue weighted by molar-refractivity contribution is 5.81. The monoisotopic (exact) mass is 344 g/mol. The number of nitrogens with zero attached hydrogens (tertiary/aromatic N) is 3. The van der Waals surface area contributed by atoms with Gasteiger partial charge in [0.05, 0.1) is 6.04 Å². The van der Waals surface area contributed by atoms with Gasteiger partial charge in [-0.15, -0.1) is 0 Å². The van der Waals surface area contributed by atoms with Gasteiger partial charge in [-0.1, -0.05) is 41.9 Å². The number of piperidine rings is 1. The highest BCUT2D eigenvalue weighted by atomic mass is 16.5. The fourth-order valence-corrected chi connectivity index (χ4v) is 3.17. The molecule has 1 atom stereocenters. The Morgan fingerprint density at radius 1 is 1.32 bits per heavy atom. The van der Waals surface area contributed by atoms with E-state index in [-0.39, 0.29) is 24.4 Å². The molecule has 2 N–H and O–H groups in total. The standard InChI is InChI=1S/C18H24N4O3/c23-13-17-20-16(21-25-17)9-10-19-18(24)15-8-4-5-11-22(15)12-14-6-2-1-3-7-14/h1-3,6-7,15,23H,4-5,8-13H2,(H,19,24)/t15-/m1/s1. The van der Waals surface area contributed by atoms with E-state index in [1.165, 1.54) is 5.56 Å². The predicted molar refractivity (Wildman–Crippen MR) is 91.4 cm³/mol. The number of hydrogen-bond donors (Lipinski definition) is 2. The van der Waals surface area contributed by atoms with Crippen LogP contribution in [0.5, 0.6) is 0 Å². The topological polar surface area (TPSA) is 91.5 Å². The Morgan fingerprint density at radius 3 is 2.92 bits per heavy atom. The van der Waals surface area contributed by atoms with Gasteiger partial charge in [-0.3, -0.25) is 9.69 Å². The Labute approximate surface area is 147 Å². The van der Waals surface area contributed by atoms with Gasteiger partial charge in [0.25, 0.3) is 5.89 Å². The minimum absolute atomic E-state index is 0.0570. The van der Waals surface area contributed by atoms with Crippen LogP contribution in [0.15, 0.2) is 34.9 Å². The first-order chi connectivity index (χ1) is 12.3. The molecule has 1 aromatic heterocycles. The zero-order valence-electron chi connectivity index (χ0n) is 14.2. The molecular weight excluding hydrogens is 320 g/mol. The largest absolute Gasteiger partial charge is 0.387 e.